The molecule has 0 rings (SSSR count). The Hall–Kier alpha value is -0.780. The lowest BCUT2D eigenvalue weighted by atomic mass is 10.2. The molecule has 0 nitrogen and oxygen atoms in total. The molecular formula is C21H48. The van der Waals surface area contributed by atoms with Gasteiger partial charge in [-0.3, -0.25) is 0 Å². The van der Waals surface area contributed by atoms with E-state index in [2.05, 4.69) is 66.9 Å². The number of unbranched alkanes of at least 4 members (excludes halogenated alkanes) is 3. The van der Waals surface area contributed by atoms with Crippen molar-refractivity contribution in [3.05, 3.63) is 37.5 Å². The van der Waals surface area contributed by atoms with Crippen LogP contribution in [0.3, 0.4) is 0 Å². The van der Waals surface area contributed by atoms with E-state index in [4.69, 9.17) is 0 Å². The Morgan fingerprint density at radius 3 is 0.952 bits per heavy atom. The van der Waals surface area contributed by atoms with Crippen molar-refractivity contribution < 1.29 is 1.43 Å². The van der Waals surface area contributed by atoms with Crippen LogP contribution in [0.5, 0.6) is 0 Å². The molecule has 0 heterocycles. The number of hydrogen-bond acceptors (Lipinski definition) is 0. The van der Waals surface area contributed by atoms with Crippen molar-refractivity contribution in [1.82, 2.24) is 0 Å². The van der Waals surface area contributed by atoms with Gasteiger partial charge in [0.1, 0.15) is 0 Å². The maximum Gasteiger partial charge on any atom is 0 e. The fourth-order valence-corrected chi connectivity index (χ4v) is 0.833. The maximum absolute atomic E-state index is 3.48. The lowest BCUT2D eigenvalue weighted by Gasteiger charge is -1.86. The molecule has 132 valence electrons. The summed E-state index contributed by atoms with van der Waals surface area (Å²) in [6, 6.07) is 0. The summed E-state index contributed by atoms with van der Waals surface area (Å²) in [6.07, 6.45) is 18.2. The zero-order valence-electron chi connectivity index (χ0n) is 15.4. The average Bonchev–Trinajstić information content (AvgIpc) is 2.51. The summed E-state index contributed by atoms with van der Waals surface area (Å²) >= 11 is 0. The van der Waals surface area contributed by atoms with Crippen LogP contribution in [0.15, 0.2) is 37.5 Å². The third-order valence-electron chi connectivity index (χ3n) is 2.17. The summed E-state index contributed by atoms with van der Waals surface area (Å²) in [5.74, 6) is 0. The van der Waals surface area contributed by atoms with E-state index in [9.17, 15) is 0 Å². The summed E-state index contributed by atoms with van der Waals surface area (Å²) < 4.78 is 0. The molecule has 0 heteroatoms. The Kier molecular flexibility index (Phi) is 77.8. The summed E-state index contributed by atoms with van der Waals surface area (Å²) in [7, 11) is 0. The van der Waals surface area contributed by atoms with Gasteiger partial charge in [0, 0.05) is 1.43 Å². The van der Waals surface area contributed by atoms with Gasteiger partial charge in [-0.1, -0.05) is 99.0 Å². The molecule has 0 aromatic heterocycles. The number of hydrogen-bond donors (Lipinski definition) is 0. The van der Waals surface area contributed by atoms with Gasteiger partial charge in [-0.25, -0.2) is 0 Å². The highest BCUT2D eigenvalue weighted by Crippen LogP contribution is 1.95. The second-order valence-corrected chi connectivity index (χ2v) is 4.39. The number of allylic oxidation sites excluding steroid dienone is 4. The minimum atomic E-state index is 0. The third kappa shape index (κ3) is 109. The van der Waals surface area contributed by atoms with E-state index >= 15 is 0 Å². The van der Waals surface area contributed by atoms with Crippen molar-refractivity contribution in [1.29, 1.82) is 0 Å². The van der Waals surface area contributed by atoms with E-state index in [1.807, 2.05) is 12.2 Å². The average molecular weight is 301 g/mol. The van der Waals surface area contributed by atoms with Crippen LogP contribution in [0.2, 0.25) is 0 Å². The minimum absolute atomic E-state index is 0. The van der Waals surface area contributed by atoms with Crippen LogP contribution in [0.1, 0.15) is 102 Å². The molecule has 0 unspecified atom stereocenters. The molecule has 0 amide bonds. The van der Waals surface area contributed by atoms with Crippen molar-refractivity contribution >= 4 is 0 Å². The van der Waals surface area contributed by atoms with Gasteiger partial charge in [0.15, 0.2) is 0 Å². The molecular weight excluding hydrogens is 252 g/mol. The molecule has 21 heavy (non-hydrogen) atoms. The van der Waals surface area contributed by atoms with Gasteiger partial charge in [0.05, 0.1) is 0 Å². The van der Waals surface area contributed by atoms with Crippen LogP contribution < -0.4 is 0 Å². The Labute approximate surface area is 139 Å². The zero-order valence-corrected chi connectivity index (χ0v) is 15.4. The van der Waals surface area contributed by atoms with E-state index in [1.54, 1.807) is 0 Å². The van der Waals surface area contributed by atoms with Crippen LogP contribution in [-0.2, 0) is 0 Å². The summed E-state index contributed by atoms with van der Waals surface area (Å²) in [5.41, 5.74) is 0. The van der Waals surface area contributed by atoms with Gasteiger partial charge >= 0.3 is 0 Å². The van der Waals surface area contributed by atoms with Crippen LogP contribution in [-0.4, -0.2) is 0 Å². The fraction of sp³-hybridized carbons (Fsp3) is 0.714. The van der Waals surface area contributed by atoms with E-state index in [-0.39, 0.29) is 8.85 Å². The van der Waals surface area contributed by atoms with Crippen LogP contribution >= 0.6 is 0 Å². The predicted molar refractivity (Wildman–Crippen MR) is 109 cm³/mol. The second-order valence-electron chi connectivity index (χ2n) is 4.39. The summed E-state index contributed by atoms with van der Waals surface area (Å²) in [4.78, 5) is 0. The van der Waals surface area contributed by atoms with Gasteiger partial charge < -0.3 is 0 Å². The van der Waals surface area contributed by atoms with Gasteiger partial charge in [0.25, 0.3) is 0 Å². The topological polar surface area (TPSA) is 0 Å². The normalized spacial score (nSPS) is 7.90. The Morgan fingerprint density at radius 2 is 0.857 bits per heavy atom. The van der Waals surface area contributed by atoms with Crippen LogP contribution in [0.4, 0.5) is 0 Å². The van der Waals surface area contributed by atoms with Crippen LogP contribution in [0, 0.1) is 0 Å². The lowest BCUT2D eigenvalue weighted by molar-refractivity contribution is 0.702. The molecule has 0 bridgehead atoms. The second kappa shape index (κ2) is 50.7. The van der Waals surface area contributed by atoms with Crippen LogP contribution in [0.25, 0.3) is 0 Å². The highest BCUT2D eigenvalue weighted by molar-refractivity contribution is 4.77. The third-order valence-corrected chi connectivity index (χ3v) is 2.17. The molecule has 0 saturated heterocycles. The fourth-order valence-electron chi connectivity index (χ4n) is 0.833. The zero-order chi connectivity index (χ0) is 16.5. The Morgan fingerprint density at radius 1 is 0.619 bits per heavy atom. The van der Waals surface area contributed by atoms with Crippen molar-refractivity contribution in [3.63, 3.8) is 0 Å². The van der Waals surface area contributed by atoms with Gasteiger partial charge in [-0.05, 0) is 25.7 Å². The van der Waals surface area contributed by atoms with Gasteiger partial charge in [-0.2, -0.15) is 0 Å². The standard InChI is InChI=1S/C6H14.C6H12.2C4H8.CH4.H2/c2*1-3-5-6-4-2;2*1-3-4-2;;/h3-6H2,1-2H3;5-6H,3-4H2,1-2H3;2*3H,1,4H2,2H3;1H4;1H. The quantitative estimate of drug-likeness (QED) is 0.325. The lowest BCUT2D eigenvalue weighted by Crippen LogP contribution is -1.66. The van der Waals surface area contributed by atoms with Crippen molar-refractivity contribution in [3.8, 4) is 0 Å². The molecule has 0 atom stereocenters. The largest absolute Gasteiger partial charge is 0.103 e. The monoisotopic (exact) mass is 300 g/mol. The highest BCUT2D eigenvalue weighted by atomic mass is 13.8. The molecule has 0 N–H and O–H groups in total. The van der Waals surface area contributed by atoms with E-state index in [0.717, 1.165) is 12.8 Å². The molecule has 0 aliphatic heterocycles. The van der Waals surface area contributed by atoms with Crippen molar-refractivity contribution in [2.75, 3.05) is 0 Å². The molecule has 0 aliphatic rings. The van der Waals surface area contributed by atoms with Crippen molar-refractivity contribution in [2.45, 2.75) is 100 Å². The smallest absolute Gasteiger partial charge is 0 e. The number of rotatable bonds is 7. The Bertz CT molecular complexity index is 141. The molecule has 0 radical (unpaired) electrons. The molecule has 0 fully saturated rings. The van der Waals surface area contributed by atoms with E-state index in [0.29, 0.717) is 0 Å². The van der Waals surface area contributed by atoms with E-state index < -0.39 is 0 Å². The molecule has 0 aromatic rings. The first-order valence-electron chi connectivity index (χ1n) is 8.53. The first-order chi connectivity index (χ1) is 9.66. The summed E-state index contributed by atoms with van der Waals surface area (Å²) in [6.45, 7) is 19.8. The first-order valence-corrected chi connectivity index (χ1v) is 8.53. The SMILES string of the molecule is C.C=CCC.C=CCC.CCC=CCC.CCCCCC.[HH]. The minimum Gasteiger partial charge on any atom is -0.103 e. The van der Waals surface area contributed by atoms with Crippen molar-refractivity contribution in [2.24, 2.45) is 0 Å². The molecule has 0 saturated carbocycles. The predicted octanol–water partition coefficient (Wildman–Crippen LogP) is 9.00. The molecule has 0 aliphatic carbocycles. The molecule has 0 spiro atoms. The van der Waals surface area contributed by atoms with Gasteiger partial charge in [-0.15, -0.1) is 13.2 Å². The first kappa shape index (κ1) is 32.2. The van der Waals surface area contributed by atoms with E-state index in [1.165, 1.54) is 38.5 Å². The summed E-state index contributed by atoms with van der Waals surface area (Å²) in [5, 5.41) is 0. The highest BCUT2D eigenvalue weighted by Gasteiger charge is 1.75. The molecule has 0 aromatic carbocycles. The Balaban J connectivity index is -0.0000000383. The van der Waals surface area contributed by atoms with Gasteiger partial charge in [0.2, 0.25) is 0 Å². The maximum atomic E-state index is 3.48.